The number of aliphatic carboxylic acids is 1. The summed E-state index contributed by atoms with van der Waals surface area (Å²) in [5.74, 6) is -1.19. The zero-order valence-electron chi connectivity index (χ0n) is 8.04. The van der Waals surface area contributed by atoms with Gasteiger partial charge in [0.05, 0.1) is 6.42 Å². The standard InChI is InChI=1S/C8H16N2O3/c1-3-10(4-2)9-7(11)5-6-8(12)13/h3-6H2,1-2H3,(H,9,11)(H,12,13). The summed E-state index contributed by atoms with van der Waals surface area (Å²) in [6, 6.07) is 0. The molecule has 2 N–H and O–H groups in total. The first-order valence-corrected chi connectivity index (χ1v) is 4.36. The molecule has 0 saturated carbocycles. The first-order valence-electron chi connectivity index (χ1n) is 4.36. The monoisotopic (exact) mass is 188 g/mol. The Morgan fingerprint density at radius 1 is 1.23 bits per heavy atom. The van der Waals surface area contributed by atoms with Gasteiger partial charge in [-0.3, -0.25) is 15.0 Å². The van der Waals surface area contributed by atoms with Gasteiger partial charge in [0, 0.05) is 19.5 Å². The minimum atomic E-state index is -0.949. The number of amides is 1. The van der Waals surface area contributed by atoms with E-state index in [0.29, 0.717) is 0 Å². The molecule has 0 aromatic rings. The highest BCUT2D eigenvalue weighted by molar-refractivity contribution is 5.80. The largest absolute Gasteiger partial charge is 0.481 e. The maximum atomic E-state index is 11.1. The van der Waals surface area contributed by atoms with Crippen molar-refractivity contribution in [3.63, 3.8) is 0 Å². The summed E-state index contributed by atoms with van der Waals surface area (Å²) in [5.41, 5.74) is 2.60. The minimum absolute atomic E-state index is 0.0336. The van der Waals surface area contributed by atoms with Gasteiger partial charge in [-0.25, -0.2) is 5.01 Å². The molecule has 0 heterocycles. The lowest BCUT2D eigenvalue weighted by atomic mass is 10.3. The van der Waals surface area contributed by atoms with Crippen LogP contribution in [-0.2, 0) is 9.59 Å². The molecule has 0 spiro atoms. The fourth-order valence-electron chi connectivity index (χ4n) is 0.834. The number of carbonyl (C=O) groups is 2. The topological polar surface area (TPSA) is 69.6 Å². The molecule has 0 aromatic heterocycles. The van der Waals surface area contributed by atoms with Crippen LogP contribution >= 0.6 is 0 Å². The molecule has 0 radical (unpaired) electrons. The van der Waals surface area contributed by atoms with Crippen LogP contribution in [0.2, 0.25) is 0 Å². The second kappa shape index (κ2) is 6.42. The number of carbonyl (C=O) groups excluding carboxylic acids is 1. The normalized spacial score (nSPS) is 10.1. The molecule has 5 nitrogen and oxygen atoms in total. The third-order valence-corrected chi connectivity index (χ3v) is 1.61. The molecule has 0 fully saturated rings. The van der Waals surface area contributed by atoms with E-state index in [9.17, 15) is 9.59 Å². The lowest BCUT2D eigenvalue weighted by molar-refractivity contribution is -0.139. The average molecular weight is 188 g/mol. The number of carboxylic acid groups (broad SMARTS) is 1. The first-order chi connectivity index (χ1) is 6.10. The fourth-order valence-corrected chi connectivity index (χ4v) is 0.834. The number of hydrogen-bond acceptors (Lipinski definition) is 3. The van der Waals surface area contributed by atoms with Gasteiger partial charge in [0.15, 0.2) is 0 Å². The van der Waals surface area contributed by atoms with E-state index in [0.717, 1.165) is 13.1 Å². The Morgan fingerprint density at radius 2 is 1.77 bits per heavy atom. The number of hydrazine groups is 1. The Labute approximate surface area is 77.7 Å². The van der Waals surface area contributed by atoms with Gasteiger partial charge in [0.2, 0.25) is 5.91 Å². The van der Waals surface area contributed by atoms with Crippen molar-refractivity contribution >= 4 is 11.9 Å². The molecule has 0 atom stereocenters. The highest BCUT2D eigenvalue weighted by Gasteiger charge is 2.07. The molecule has 5 heteroatoms. The number of carboxylic acids is 1. The van der Waals surface area contributed by atoms with Crippen LogP contribution in [0.3, 0.4) is 0 Å². The highest BCUT2D eigenvalue weighted by atomic mass is 16.4. The van der Waals surface area contributed by atoms with E-state index in [1.54, 1.807) is 5.01 Å². The van der Waals surface area contributed by atoms with E-state index in [4.69, 9.17) is 5.11 Å². The van der Waals surface area contributed by atoms with Gasteiger partial charge in [-0.2, -0.15) is 0 Å². The number of rotatable bonds is 6. The summed E-state index contributed by atoms with van der Waals surface area (Å²) < 4.78 is 0. The molecule has 0 unspecified atom stereocenters. The van der Waals surface area contributed by atoms with Crippen molar-refractivity contribution in [2.45, 2.75) is 26.7 Å². The molecule has 0 aliphatic carbocycles. The summed E-state index contributed by atoms with van der Waals surface area (Å²) in [7, 11) is 0. The third-order valence-electron chi connectivity index (χ3n) is 1.61. The van der Waals surface area contributed by atoms with Crippen LogP contribution in [0, 0.1) is 0 Å². The Morgan fingerprint density at radius 3 is 2.15 bits per heavy atom. The van der Waals surface area contributed by atoms with Gasteiger partial charge in [-0.15, -0.1) is 0 Å². The van der Waals surface area contributed by atoms with E-state index >= 15 is 0 Å². The Kier molecular flexibility index (Phi) is 5.88. The average Bonchev–Trinajstić information content (AvgIpc) is 2.10. The van der Waals surface area contributed by atoms with Crippen LogP contribution in [0.5, 0.6) is 0 Å². The molecule has 0 saturated heterocycles. The molecule has 1 amide bonds. The predicted molar refractivity (Wildman–Crippen MR) is 47.9 cm³/mol. The zero-order chi connectivity index (χ0) is 10.3. The van der Waals surface area contributed by atoms with Gasteiger partial charge in [0.1, 0.15) is 0 Å². The first kappa shape index (κ1) is 11.9. The molecule has 13 heavy (non-hydrogen) atoms. The molecule has 0 aromatic carbocycles. The van der Waals surface area contributed by atoms with Crippen LogP contribution in [0.25, 0.3) is 0 Å². The van der Waals surface area contributed by atoms with E-state index in [-0.39, 0.29) is 18.7 Å². The van der Waals surface area contributed by atoms with Crippen molar-refractivity contribution in [2.75, 3.05) is 13.1 Å². The van der Waals surface area contributed by atoms with Crippen molar-refractivity contribution in [3.8, 4) is 0 Å². The number of hydrogen-bond donors (Lipinski definition) is 2. The zero-order valence-corrected chi connectivity index (χ0v) is 8.04. The van der Waals surface area contributed by atoms with Crippen LogP contribution in [0.15, 0.2) is 0 Å². The lowest BCUT2D eigenvalue weighted by Gasteiger charge is -2.18. The van der Waals surface area contributed by atoms with Gasteiger partial charge < -0.3 is 5.11 Å². The maximum Gasteiger partial charge on any atom is 0.303 e. The Balaban J connectivity index is 3.66. The van der Waals surface area contributed by atoms with Gasteiger partial charge in [-0.1, -0.05) is 13.8 Å². The molecule has 0 aliphatic heterocycles. The van der Waals surface area contributed by atoms with Crippen LogP contribution < -0.4 is 5.43 Å². The molecule has 0 aliphatic rings. The summed E-state index contributed by atoms with van der Waals surface area (Å²) in [4.78, 5) is 21.2. The smallest absolute Gasteiger partial charge is 0.303 e. The van der Waals surface area contributed by atoms with E-state index in [2.05, 4.69) is 5.43 Å². The van der Waals surface area contributed by atoms with E-state index < -0.39 is 5.97 Å². The van der Waals surface area contributed by atoms with Crippen molar-refractivity contribution in [2.24, 2.45) is 0 Å². The number of nitrogens with zero attached hydrogens (tertiary/aromatic N) is 1. The van der Waals surface area contributed by atoms with Crippen LogP contribution in [0.4, 0.5) is 0 Å². The second-order valence-electron chi connectivity index (χ2n) is 2.60. The highest BCUT2D eigenvalue weighted by Crippen LogP contribution is 1.90. The van der Waals surface area contributed by atoms with Crippen molar-refractivity contribution < 1.29 is 14.7 Å². The summed E-state index contributed by atoms with van der Waals surface area (Å²) in [6.07, 6.45) is -0.0844. The molecule has 76 valence electrons. The van der Waals surface area contributed by atoms with Gasteiger partial charge in [-0.05, 0) is 0 Å². The minimum Gasteiger partial charge on any atom is -0.481 e. The van der Waals surface area contributed by atoms with E-state index in [1.807, 2.05) is 13.8 Å². The summed E-state index contributed by atoms with van der Waals surface area (Å²) in [6.45, 7) is 5.27. The second-order valence-corrected chi connectivity index (χ2v) is 2.60. The van der Waals surface area contributed by atoms with Crippen LogP contribution in [0.1, 0.15) is 26.7 Å². The van der Waals surface area contributed by atoms with Crippen molar-refractivity contribution in [1.29, 1.82) is 0 Å². The van der Waals surface area contributed by atoms with Crippen LogP contribution in [-0.4, -0.2) is 35.1 Å². The summed E-state index contributed by atoms with van der Waals surface area (Å²) >= 11 is 0. The summed E-state index contributed by atoms with van der Waals surface area (Å²) in [5, 5.41) is 10.0. The van der Waals surface area contributed by atoms with Crippen molar-refractivity contribution in [1.82, 2.24) is 10.4 Å². The fraction of sp³-hybridized carbons (Fsp3) is 0.750. The molecular weight excluding hydrogens is 172 g/mol. The predicted octanol–water partition coefficient (Wildman–Crippen LogP) is 0.224. The quantitative estimate of drug-likeness (QED) is 0.585. The van der Waals surface area contributed by atoms with Crippen molar-refractivity contribution in [3.05, 3.63) is 0 Å². The molecule has 0 bridgehead atoms. The van der Waals surface area contributed by atoms with E-state index in [1.165, 1.54) is 0 Å². The number of nitrogens with one attached hydrogen (secondary N) is 1. The molecule has 0 rings (SSSR count). The Bertz CT molecular complexity index is 178. The molecular formula is C8H16N2O3. The third kappa shape index (κ3) is 6.10. The SMILES string of the molecule is CCN(CC)NC(=O)CCC(=O)O. The Hall–Kier alpha value is -1.10. The van der Waals surface area contributed by atoms with Gasteiger partial charge >= 0.3 is 5.97 Å². The lowest BCUT2D eigenvalue weighted by Crippen LogP contribution is -2.41. The van der Waals surface area contributed by atoms with Gasteiger partial charge in [0.25, 0.3) is 0 Å². The maximum absolute atomic E-state index is 11.1.